The van der Waals surface area contributed by atoms with E-state index in [0.29, 0.717) is 40.7 Å². The average Bonchev–Trinajstić information content (AvgIpc) is 2.63. The highest BCUT2D eigenvalue weighted by molar-refractivity contribution is 6.12. The summed E-state index contributed by atoms with van der Waals surface area (Å²) in [5, 5.41) is 0. The second-order valence-electron chi connectivity index (χ2n) is 5.45. The number of anilines is 1. The zero-order chi connectivity index (χ0) is 18.4. The lowest BCUT2D eigenvalue weighted by atomic mass is 10.0. The van der Waals surface area contributed by atoms with Crippen molar-refractivity contribution < 1.29 is 19.0 Å². The van der Waals surface area contributed by atoms with E-state index >= 15 is 0 Å². The first-order valence-electron chi connectivity index (χ1n) is 7.97. The summed E-state index contributed by atoms with van der Waals surface area (Å²) in [4.78, 5) is 12.8. The molecule has 0 aliphatic carbocycles. The monoisotopic (exact) mass is 341 g/mol. The predicted molar refractivity (Wildman–Crippen MR) is 99.6 cm³/mol. The van der Waals surface area contributed by atoms with Gasteiger partial charge in [-0.3, -0.25) is 4.79 Å². The van der Waals surface area contributed by atoms with Gasteiger partial charge in [-0.1, -0.05) is 6.07 Å². The molecule has 132 valence electrons. The summed E-state index contributed by atoms with van der Waals surface area (Å²) in [6.45, 7) is 4.18. The summed E-state index contributed by atoms with van der Waals surface area (Å²) in [6.07, 6.45) is 1.79. The molecule has 25 heavy (non-hydrogen) atoms. The molecule has 0 spiro atoms. The van der Waals surface area contributed by atoms with Gasteiger partial charge in [-0.25, -0.2) is 0 Å². The fourth-order valence-corrected chi connectivity index (χ4v) is 2.44. The number of nitrogens with two attached hydrogens (primary N) is 1. The number of hydrogen-bond donors (Lipinski definition) is 1. The minimum Gasteiger partial charge on any atom is -0.497 e. The van der Waals surface area contributed by atoms with Crippen LogP contribution in [0.3, 0.4) is 0 Å². The number of carbonyl (C=O) groups is 1. The number of carbonyl (C=O) groups excluding carboxylic acids is 1. The standard InChI is InChI=1S/C20H23NO4/c1-5-25-19-11-14(6-8-17(19)21)10-13(2)20(22)16-12-15(23-3)7-9-18(16)24-4/h6-12H,5,21H2,1-4H3. The third-order valence-electron chi connectivity index (χ3n) is 3.73. The molecule has 0 aromatic heterocycles. The van der Waals surface area contributed by atoms with Gasteiger partial charge in [0.25, 0.3) is 0 Å². The molecule has 5 nitrogen and oxygen atoms in total. The Morgan fingerprint density at radius 3 is 2.48 bits per heavy atom. The smallest absolute Gasteiger partial charge is 0.192 e. The van der Waals surface area contributed by atoms with E-state index in [1.54, 1.807) is 44.4 Å². The van der Waals surface area contributed by atoms with Gasteiger partial charge in [0.2, 0.25) is 0 Å². The lowest BCUT2D eigenvalue weighted by molar-refractivity contribution is 0.103. The molecule has 2 rings (SSSR count). The number of ether oxygens (including phenoxy) is 3. The molecule has 0 saturated heterocycles. The molecule has 2 N–H and O–H groups in total. The van der Waals surface area contributed by atoms with Crippen LogP contribution in [0, 0.1) is 0 Å². The molecule has 0 heterocycles. The van der Waals surface area contributed by atoms with E-state index < -0.39 is 0 Å². The number of hydrogen-bond acceptors (Lipinski definition) is 5. The molecule has 0 aliphatic rings. The highest BCUT2D eigenvalue weighted by Gasteiger charge is 2.15. The molecule has 2 aromatic rings. The van der Waals surface area contributed by atoms with Crippen LogP contribution >= 0.6 is 0 Å². The maximum absolute atomic E-state index is 12.8. The van der Waals surface area contributed by atoms with Gasteiger partial charge in [-0.15, -0.1) is 0 Å². The van der Waals surface area contributed by atoms with Crippen molar-refractivity contribution in [2.75, 3.05) is 26.6 Å². The van der Waals surface area contributed by atoms with E-state index in [2.05, 4.69) is 0 Å². The highest BCUT2D eigenvalue weighted by Crippen LogP contribution is 2.28. The molecule has 0 unspecified atom stereocenters. The first kappa shape index (κ1) is 18.4. The number of ketones is 1. The van der Waals surface area contributed by atoms with Crippen molar-refractivity contribution >= 4 is 17.5 Å². The summed E-state index contributed by atoms with van der Waals surface area (Å²) in [5.41, 5.74) is 8.31. The van der Waals surface area contributed by atoms with Gasteiger partial charge in [-0.05, 0) is 61.4 Å². The maximum Gasteiger partial charge on any atom is 0.192 e. The van der Waals surface area contributed by atoms with E-state index in [9.17, 15) is 4.79 Å². The second kappa shape index (κ2) is 8.24. The maximum atomic E-state index is 12.8. The molecule has 0 bridgehead atoms. The van der Waals surface area contributed by atoms with Crippen LogP contribution in [0.4, 0.5) is 5.69 Å². The SMILES string of the molecule is CCOc1cc(C=C(C)C(=O)c2cc(OC)ccc2OC)ccc1N. The topological polar surface area (TPSA) is 70.8 Å². The Kier molecular flexibility index (Phi) is 6.06. The molecule has 0 saturated carbocycles. The van der Waals surface area contributed by atoms with Crippen molar-refractivity contribution in [1.29, 1.82) is 0 Å². The van der Waals surface area contributed by atoms with Crippen LogP contribution in [-0.2, 0) is 0 Å². The van der Waals surface area contributed by atoms with Gasteiger partial charge in [0.05, 0.1) is 32.1 Å². The molecule has 0 aliphatic heterocycles. The Labute approximate surface area is 148 Å². The minimum absolute atomic E-state index is 0.134. The largest absolute Gasteiger partial charge is 0.497 e. The fourth-order valence-electron chi connectivity index (χ4n) is 2.44. The molecule has 0 atom stereocenters. The number of Topliss-reactive ketones (excluding diaryl/α,β-unsaturated/α-hetero) is 1. The van der Waals surface area contributed by atoms with Crippen molar-refractivity contribution in [3.8, 4) is 17.2 Å². The first-order valence-corrected chi connectivity index (χ1v) is 7.97. The Balaban J connectivity index is 2.37. The van der Waals surface area contributed by atoms with E-state index in [1.165, 1.54) is 7.11 Å². The van der Waals surface area contributed by atoms with E-state index in [-0.39, 0.29) is 5.78 Å². The number of rotatable bonds is 7. The number of allylic oxidation sites excluding steroid dienone is 1. The zero-order valence-corrected chi connectivity index (χ0v) is 15.0. The van der Waals surface area contributed by atoms with Gasteiger partial charge >= 0.3 is 0 Å². The minimum atomic E-state index is -0.134. The van der Waals surface area contributed by atoms with Crippen LogP contribution < -0.4 is 19.9 Å². The van der Waals surface area contributed by atoms with Crippen LogP contribution in [0.2, 0.25) is 0 Å². The van der Waals surface area contributed by atoms with Gasteiger partial charge in [-0.2, -0.15) is 0 Å². The Morgan fingerprint density at radius 1 is 1.08 bits per heavy atom. The van der Waals surface area contributed by atoms with E-state index in [0.717, 1.165) is 5.56 Å². The lowest BCUT2D eigenvalue weighted by Gasteiger charge is -2.11. The average molecular weight is 341 g/mol. The molecule has 5 heteroatoms. The van der Waals surface area contributed by atoms with Crippen molar-refractivity contribution in [2.24, 2.45) is 0 Å². The summed E-state index contributed by atoms with van der Waals surface area (Å²) >= 11 is 0. The number of methoxy groups -OCH3 is 2. The van der Waals surface area contributed by atoms with Crippen LogP contribution in [0.5, 0.6) is 17.2 Å². The van der Waals surface area contributed by atoms with E-state index in [4.69, 9.17) is 19.9 Å². The van der Waals surface area contributed by atoms with Crippen LogP contribution in [0.15, 0.2) is 42.0 Å². The normalized spacial score (nSPS) is 11.1. The molecular formula is C20H23NO4. The van der Waals surface area contributed by atoms with Crippen molar-refractivity contribution in [1.82, 2.24) is 0 Å². The summed E-state index contributed by atoms with van der Waals surface area (Å²) in [7, 11) is 3.09. The molecule has 0 radical (unpaired) electrons. The van der Waals surface area contributed by atoms with Crippen molar-refractivity contribution in [3.63, 3.8) is 0 Å². The highest BCUT2D eigenvalue weighted by atomic mass is 16.5. The summed E-state index contributed by atoms with van der Waals surface area (Å²) in [6, 6.07) is 10.6. The quantitative estimate of drug-likeness (QED) is 0.469. The van der Waals surface area contributed by atoms with Gasteiger partial charge in [0, 0.05) is 0 Å². The van der Waals surface area contributed by atoms with Crippen molar-refractivity contribution in [2.45, 2.75) is 13.8 Å². The van der Waals surface area contributed by atoms with Crippen molar-refractivity contribution in [3.05, 3.63) is 53.1 Å². The van der Waals surface area contributed by atoms with Crippen LogP contribution in [0.25, 0.3) is 6.08 Å². The molecular weight excluding hydrogens is 318 g/mol. The Hall–Kier alpha value is -2.95. The third kappa shape index (κ3) is 4.32. The molecule has 0 fully saturated rings. The van der Waals surface area contributed by atoms with Crippen LogP contribution in [-0.4, -0.2) is 26.6 Å². The fraction of sp³-hybridized carbons (Fsp3) is 0.250. The zero-order valence-electron chi connectivity index (χ0n) is 15.0. The lowest BCUT2D eigenvalue weighted by Crippen LogP contribution is -2.04. The first-order chi connectivity index (χ1) is 12.0. The summed E-state index contributed by atoms with van der Waals surface area (Å²) in [5.74, 6) is 1.58. The van der Waals surface area contributed by atoms with Gasteiger partial charge in [0.15, 0.2) is 5.78 Å². The molecule has 0 amide bonds. The summed E-state index contributed by atoms with van der Waals surface area (Å²) < 4.78 is 16.0. The van der Waals surface area contributed by atoms with Crippen LogP contribution in [0.1, 0.15) is 29.8 Å². The predicted octanol–water partition coefficient (Wildman–Crippen LogP) is 3.97. The molecule has 2 aromatic carbocycles. The Morgan fingerprint density at radius 2 is 1.84 bits per heavy atom. The number of nitrogen functional groups attached to an aromatic ring is 1. The number of benzene rings is 2. The second-order valence-corrected chi connectivity index (χ2v) is 5.45. The Bertz CT molecular complexity index is 796. The van der Waals surface area contributed by atoms with E-state index in [1.807, 2.05) is 19.1 Å². The third-order valence-corrected chi connectivity index (χ3v) is 3.73. The van der Waals surface area contributed by atoms with Gasteiger partial charge < -0.3 is 19.9 Å². The van der Waals surface area contributed by atoms with Gasteiger partial charge in [0.1, 0.15) is 17.2 Å².